The zero-order valence-corrected chi connectivity index (χ0v) is 12.8. The lowest BCUT2D eigenvalue weighted by Crippen LogP contribution is -2.26. The maximum atomic E-state index is 10.9. The van der Waals surface area contributed by atoms with Crippen LogP contribution < -0.4 is 10.0 Å². The van der Waals surface area contributed by atoms with Crippen molar-refractivity contribution >= 4 is 10.0 Å². The lowest BCUT2D eigenvalue weighted by Gasteiger charge is -2.04. The number of rotatable bonds is 8. The van der Waals surface area contributed by atoms with Crippen LogP contribution >= 0.6 is 0 Å². The van der Waals surface area contributed by atoms with E-state index in [4.69, 9.17) is 0 Å². The number of sulfonamides is 1. The third-order valence-electron chi connectivity index (χ3n) is 2.88. The second-order valence-electron chi connectivity index (χ2n) is 4.83. The minimum Gasteiger partial charge on any atom is -0.313 e. The molecule has 0 aliphatic rings. The van der Waals surface area contributed by atoms with Crippen LogP contribution in [0.15, 0.2) is 42.7 Å². The Morgan fingerprint density at radius 2 is 1.95 bits per heavy atom. The standard InChI is InChI=1S/C14H20N4O2S/c1-21(19,20)17-9-5-8-15-10-13-11-16-18(12-13)14-6-3-2-4-7-14/h2-4,6-7,11-12,15,17H,5,8-10H2,1H3. The molecule has 1 aromatic carbocycles. The van der Waals surface area contributed by atoms with Gasteiger partial charge in [-0.25, -0.2) is 17.8 Å². The van der Waals surface area contributed by atoms with Crippen molar-refractivity contribution in [1.82, 2.24) is 19.8 Å². The van der Waals surface area contributed by atoms with Crippen LogP contribution in [0.4, 0.5) is 0 Å². The first kappa shape index (κ1) is 15.7. The molecule has 0 amide bonds. The molecule has 1 heterocycles. The highest BCUT2D eigenvalue weighted by Gasteiger charge is 2.01. The summed E-state index contributed by atoms with van der Waals surface area (Å²) in [4.78, 5) is 0. The number of benzene rings is 1. The molecule has 0 atom stereocenters. The van der Waals surface area contributed by atoms with E-state index in [1.165, 1.54) is 6.26 Å². The Hall–Kier alpha value is -1.70. The van der Waals surface area contributed by atoms with Crippen molar-refractivity contribution in [1.29, 1.82) is 0 Å². The molecule has 0 fully saturated rings. The molecule has 6 nitrogen and oxygen atoms in total. The Morgan fingerprint density at radius 1 is 1.19 bits per heavy atom. The molecule has 21 heavy (non-hydrogen) atoms. The van der Waals surface area contributed by atoms with Crippen LogP contribution in [0.5, 0.6) is 0 Å². The summed E-state index contributed by atoms with van der Waals surface area (Å²) in [7, 11) is -3.08. The molecule has 2 N–H and O–H groups in total. The van der Waals surface area contributed by atoms with E-state index in [9.17, 15) is 8.42 Å². The van der Waals surface area contributed by atoms with Gasteiger partial charge in [-0.3, -0.25) is 0 Å². The van der Waals surface area contributed by atoms with Crippen LogP contribution in [-0.4, -0.2) is 37.5 Å². The fourth-order valence-electron chi connectivity index (χ4n) is 1.88. The van der Waals surface area contributed by atoms with Gasteiger partial charge in [0, 0.05) is 24.8 Å². The first-order chi connectivity index (χ1) is 10.0. The second kappa shape index (κ2) is 7.35. The van der Waals surface area contributed by atoms with Crippen LogP contribution in [-0.2, 0) is 16.6 Å². The molecule has 7 heteroatoms. The average Bonchev–Trinajstić information content (AvgIpc) is 2.91. The van der Waals surface area contributed by atoms with Gasteiger partial charge in [0.2, 0.25) is 10.0 Å². The highest BCUT2D eigenvalue weighted by Crippen LogP contribution is 2.07. The van der Waals surface area contributed by atoms with E-state index in [1.807, 2.05) is 47.4 Å². The average molecular weight is 308 g/mol. The fraction of sp³-hybridized carbons (Fsp3) is 0.357. The summed E-state index contributed by atoms with van der Waals surface area (Å²) in [6, 6.07) is 9.93. The summed E-state index contributed by atoms with van der Waals surface area (Å²) in [6.07, 6.45) is 5.73. The number of para-hydroxylation sites is 1. The molecule has 0 aliphatic carbocycles. The fourth-order valence-corrected chi connectivity index (χ4v) is 2.39. The summed E-state index contributed by atoms with van der Waals surface area (Å²) in [5.74, 6) is 0. The van der Waals surface area contributed by atoms with Gasteiger partial charge in [0.1, 0.15) is 0 Å². The van der Waals surface area contributed by atoms with Crippen molar-refractivity contribution < 1.29 is 8.42 Å². The molecule has 1 aromatic heterocycles. The Labute approximate surface area is 125 Å². The van der Waals surface area contributed by atoms with Gasteiger partial charge in [0.05, 0.1) is 18.1 Å². The molecule has 2 aromatic rings. The molecule has 0 unspecified atom stereocenters. The molecule has 0 spiro atoms. The van der Waals surface area contributed by atoms with E-state index < -0.39 is 10.0 Å². The Balaban J connectivity index is 1.72. The summed E-state index contributed by atoms with van der Waals surface area (Å²) < 4.78 is 26.1. The molecule has 0 saturated carbocycles. The second-order valence-corrected chi connectivity index (χ2v) is 6.66. The topological polar surface area (TPSA) is 76.0 Å². The Kier molecular flexibility index (Phi) is 5.49. The molecular weight excluding hydrogens is 288 g/mol. The van der Waals surface area contributed by atoms with Gasteiger partial charge in [-0.05, 0) is 25.1 Å². The smallest absolute Gasteiger partial charge is 0.208 e. The van der Waals surface area contributed by atoms with Crippen LogP contribution in [0, 0.1) is 0 Å². The van der Waals surface area contributed by atoms with Crippen molar-refractivity contribution in [3.05, 3.63) is 48.3 Å². The maximum absolute atomic E-state index is 10.9. The minimum atomic E-state index is -3.08. The van der Waals surface area contributed by atoms with Crippen molar-refractivity contribution in [2.75, 3.05) is 19.3 Å². The SMILES string of the molecule is CS(=O)(=O)NCCCNCc1cnn(-c2ccccc2)c1. The van der Waals surface area contributed by atoms with Crippen LogP contribution in [0.1, 0.15) is 12.0 Å². The van der Waals surface area contributed by atoms with E-state index in [2.05, 4.69) is 15.1 Å². The highest BCUT2D eigenvalue weighted by molar-refractivity contribution is 7.88. The van der Waals surface area contributed by atoms with Crippen molar-refractivity contribution in [3.63, 3.8) is 0 Å². The van der Waals surface area contributed by atoms with Crippen molar-refractivity contribution in [2.45, 2.75) is 13.0 Å². The molecule has 0 radical (unpaired) electrons. The molecule has 2 rings (SSSR count). The largest absolute Gasteiger partial charge is 0.313 e. The highest BCUT2D eigenvalue weighted by atomic mass is 32.2. The lowest BCUT2D eigenvalue weighted by molar-refractivity contribution is 0.579. The van der Waals surface area contributed by atoms with Gasteiger partial charge in [-0.15, -0.1) is 0 Å². The summed E-state index contributed by atoms with van der Waals surface area (Å²) in [6.45, 7) is 1.92. The van der Waals surface area contributed by atoms with Gasteiger partial charge in [0.15, 0.2) is 0 Å². The molecule has 114 valence electrons. The van der Waals surface area contributed by atoms with E-state index in [0.29, 0.717) is 13.1 Å². The number of aromatic nitrogens is 2. The number of nitrogens with one attached hydrogen (secondary N) is 2. The molecule has 0 bridgehead atoms. The van der Waals surface area contributed by atoms with Gasteiger partial charge in [0.25, 0.3) is 0 Å². The first-order valence-corrected chi connectivity index (χ1v) is 8.68. The van der Waals surface area contributed by atoms with Gasteiger partial charge in [-0.2, -0.15) is 5.10 Å². The lowest BCUT2D eigenvalue weighted by atomic mass is 10.3. The predicted octanol–water partition coefficient (Wildman–Crippen LogP) is 0.901. The summed E-state index contributed by atoms with van der Waals surface area (Å²) >= 11 is 0. The summed E-state index contributed by atoms with van der Waals surface area (Å²) in [5, 5.41) is 7.58. The maximum Gasteiger partial charge on any atom is 0.208 e. The van der Waals surface area contributed by atoms with Crippen LogP contribution in [0.25, 0.3) is 5.69 Å². The minimum absolute atomic E-state index is 0.453. The Bertz CT molecular complexity index is 653. The third kappa shape index (κ3) is 5.66. The number of hydrogen-bond donors (Lipinski definition) is 2. The van der Waals surface area contributed by atoms with Crippen molar-refractivity contribution in [3.8, 4) is 5.69 Å². The predicted molar refractivity (Wildman–Crippen MR) is 82.7 cm³/mol. The third-order valence-corrected chi connectivity index (χ3v) is 3.61. The molecule has 0 saturated heterocycles. The van der Waals surface area contributed by atoms with Crippen molar-refractivity contribution in [2.24, 2.45) is 0 Å². The van der Waals surface area contributed by atoms with E-state index in [1.54, 1.807) is 0 Å². The van der Waals surface area contributed by atoms with E-state index in [-0.39, 0.29) is 0 Å². The number of nitrogens with zero attached hydrogens (tertiary/aromatic N) is 2. The van der Waals surface area contributed by atoms with Gasteiger partial charge in [-0.1, -0.05) is 18.2 Å². The monoisotopic (exact) mass is 308 g/mol. The zero-order chi connectivity index (χ0) is 15.1. The van der Waals surface area contributed by atoms with Crippen LogP contribution in [0.2, 0.25) is 0 Å². The first-order valence-electron chi connectivity index (χ1n) is 6.79. The molecular formula is C14H20N4O2S. The van der Waals surface area contributed by atoms with E-state index in [0.717, 1.165) is 24.2 Å². The van der Waals surface area contributed by atoms with Gasteiger partial charge < -0.3 is 5.32 Å². The van der Waals surface area contributed by atoms with E-state index >= 15 is 0 Å². The van der Waals surface area contributed by atoms with Gasteiger partial charge >= 0.3 is 0 Å². The number of hydrogen-bond acceptors (Lipinski definition) is 4. The van der Waals surface area contributed by atoms with Crippen LogP contribution in [0.3, 0.4) is 0 Å². The zero-order valence-electron chi connectivity index (χ0n) is 12.0. The summed E-state index contributed by atoms with van der Waals surface area (Å²) in [5.41, 5.74) is 2.12. The normalized spacial score (nSPS) is 11.7. The molecule has 0 aliphatic heterocycles. The Morgan fingerprint density at radius 3 is 2.67 bits per heavy atom. The quantitative estimate of drug-likeness (QED) is 0.711.